The number of benzene rings is 3. The first-order valence-electron chi connectivity index (χ1n) is 13.5. The molecule has 1 aromatic heterocycles. The molecule has 1 atom stereocenters. The second-order valence-corrected chi connectivity index (χ2v) is 12.2. The molecule has 224 valence electrons. The SMILES string of the molecule is COc1ccccc1NC(=O)C1=C(C)Nc2nc(SCc3ccccc3Cl)nn2C1c1cc(Br)c(OC(C)C)c(OC)c1. The number of hydrogen-bond donors (Lipinski definition) is 2. The third-order valence-corrected chi connectivity index (χ3v) is 8.51. The molecule has 3 aromatic carbocycles. The fraction of sp³-hybridized carbons (Fsp3) is 0.258. The third kappa shape index (κ3) is 6.63. The molecule has 12 heteroatoms. The van der Waals surface area contributed by atoms with E-state index in [0.29, 0.717) is 60.6 Å². The molecular weight excluding hydrogens is 654 g/mol. The molecule has 1 unspecified atom stereocenters. The van der Waals surface area contributed by atoms with Crippen LogP contribution in [-0.2, 0) is 10.5 Å². The number of nitrogens with one attached hydrogen (secondary N) is 2. The summed E-state index contributed by atoms with van der Waals surface area (Å²) in [5, 5.41) is 12.4. The molecule has 5 rings (SSSR count). The molecule has 1 amide bonds. The van der Waals surface area contributed by atoms with Crippen molar-refractivity contribution in [1.82, 2.24) is 14.8 Å². The maximum Gasteiger partial charge on any atom is 0.255 e. The first kappa shape index (κ1) is 30.8. The minimum Gasteiger partial charge on any atom is -0.495 e. The first-order chi connectivity index (χ1) is 20.7. The van der Waals surface area contributed by atoms with Crippen LogP contribution in [0.2, 0.25) is 5.02 Å². The van der Waals surface area contributed by atoms with Gasteiger partial charge >= 0.3 is 0 Å². The number of rotatable bonds is 10. The molecule has 2 heterocycles. The molecule has 0 saturated carbocycles. The van der Waals surface area contributed by atoms with Gasteiger partial charge in [-0.1, -0.05) is 53.7 Å². The molecule has 0 spiro atoms. The molecule has 0 bridgehead atoms. The smallest absolute Gasteiger partial charge is 0.255 e. The van der Waals surface area contributed by atoms with Gasteiger partial charge < -0.3 is 24.8 Å². The van der Waals surface area contributed by atoms with Gasteiger partial charge in [-0.25, -0.2) is 4.68 Å². The summed E-state index contributed by atoms with van der Waals surface area (Å²) in [7, 11) is 3.15. The van der Waals surface area contributed by atoms with Crippen LogP contribution in [0.1, 0.15) is 37.9 Å². The number of methoxy groups -OCH3 is 2. The van der Waals surface area contributed by atoms with Gasteiger partial charge in [-0.3, -0.25) is 4.79 Å². The normalized spacial score (nSPS) is 14.3. The Labute approximate surface area is 268 Å². The van der Waals surface area contributed by atoms with E-state index in [1.807, 2.05) is 69.3 Å². The predicted octanol–water partition coefficient (Wildman–Crippen LogP) is 7.72. The number of thioether (sulfide) groups is 1. The minimum absolute atomic E-state index is 0.0705. The Hall–Kier alpha value is -3.67. The average molecular weight is 685 g/mol. The lowest BCUT2D eigenvalue weighted by Gasteiger charge is -2.29. The van der Waals surface area contributed by atoms with Crippen molar-refractivity contribution in [2.45, 2.75) is 43.8 Å². The van der Waals surface area contributed by atoms with Crippen LogP contribution < -0.4 is 24.8 Å². The zero-order valence-electron chi connectivity index (χ0n) is 24.3. The summed E-state index contributed by atoms with van der Waals surface area (Å²) in [6.07, 6.45) is -0.0705. The molecule has 0 aliphatic carbocycles. The van der Waals surface area contributed by atoms with Crippen molar-refractivity contribution < 1.29 is 19.0 Å². The second-order valence-electron chi connectivity index (χ2n) is 9.96. The van der Waals surface area contributed by atoms with E-state index in [1.165, 1.54) is 11.8 Å². The molecule has 0 radical (unpaired) electrons. The van der Waals surface area contributed by atoms with Gasteiger partial charge in [-0.2, -0.15) is 4.98 Å². The number of hydrogen-bond acceptors (Lipinski definition) is 8. The number of carbonyl (C=O) groups excluding carboxylic acids is 1. The predicted molar refractivity (Wildman–Crippen MR) is 174 cm³/mol. The first-order valence-corrected chi connectivity index (χ1v) is 15.6. The van der Waals surface area contributed by atoms with E-state index in [4.69, 9.17) is 35.9 Å². The molecule has 1 aliphatic heterocycles. The van der Waals surface area contributed by atoms with Crippen molar-refractivity contribution in [3.8, 4) is 17.2 Å². The van der Waals surface area contributed by atoms with Gasteiger partial charge in [0.1, 0.15) is 11.8 Å². The van der Waals surface area contributed by atoms with E-state index in [1.54, 1.807) is 31.0 Å². The van der Waals surface area contributed by atoms with Crippen LogP contribution in [0, 0.1) is 0 Å². The van der Waals surface area contributed by atoms with E-state index >= 15 is 0 Å². The number of fused-ring (bicyclic) bond motifs is 1. The van der Waals surface area contributed by atoms with Crippen molar-refractivity contribution in [3.05, 3.63) is 92.6 Å². The third-order valence-electron chi connectivity index (χ3n) is 6.67. The molecule has 0 fully saturated rings. The largest absolute Gasteiger partial charge is 0.495 e. The topological polar surface area (TPSA) is 99.5 Å². The highest BCUT2D eigenvalue weighted by molar-refractivity contribution is 9.10. The van der Waals surface area contributed by atoms with Crippen LogP contribution in [0.4, 0.5) is 11.6 Å². The van der Waals surface area contributed by atoms with E-state index in [0.717, 1.165) is 11.1 Å². The van der Waals surface area contributed by atoms with Crippen LogP contribution in [-0.4, -0.2) is 41.0 Å². The molecule has 1 aliphatic rings. The van der Waals surface area contributed by atoms with Gasteiger partial charge in [-0.05, 0) is 78.2 Å². The molecule has 2 N–H and O–H groups in total. The molecule has 4 aromatic rings. The zero-order chi connectivity index (χ0) is 30.7. The van der Waals surface area contributed by atoms with E-state index in [9.17, 15) is 4.79 Å². The summed E-state index contributed by atoms with van der Waals surface area (Å²) in [6.45, 7) is 5.74. The number of nitrogens with zero attached hydrogens (tertiary/aromatic N) is 3. The number of amides is 1. The van der Waals surface area contributed by atoms with E-state index < -0.39 is 6.04 Å². The Bertz CT molecular complexity index is 1690. The Morgan fingerprint density at radius 3 is 2.56 bits per heavy atom. The number of anilines is 2. The lowest BCUT2D eigenvalue weighted by atomic mass is 9.94. The summed E-state index contributed by atoms with van der Waals surface area (Å²) in [5.41, 5.74) is 3.37. The lowest BCUT2D eigenvalue weighted by Crippen LogP contribution is -2.31. The van der Waals surface area contributed by atoms with E-state index in [2.05, 4.69) is 26.6 Å². The number of ether oxygens (including phenoxy) is 3. The maximum absolute atomic E-state index is 14.0. The number of halogens is 2. The number of para-hydroxylation sites is 2. The van der Waals surface area contributed by atoms with Gasteiger partial charge in [0.25, 0.3) is 5.91 Å². The summed E-state index contributed by atoms with van der Waals surface area (Å²) < 4.78 is 19.6. The van der Waals surface area contributed by atoms with Crippen molar-refractivity contribution in [2.75, 3.05) is 24.9 Å². The monoisotopic (exact) mass is 683 g/mol. The fourth-order valence-corrected chi connectivity index (χ4v) is 6.41. The van der Waals surface area contributed by atoms with Crippen molar-refractivity contribution in [2.24, 2.45) is 0 Å². The maximum atomic E-state index is 14.0. The highest BCUT2D eigenvalue weighted by Crippen LogP contribution is 2.44. The molecular formula is C31H31BrClN5O4S. The number of carbonyl (C=O) groups is 1. The van der Waals surface area contributed by atoms with Gasteiger partial charge in [0.15, 0.2) is 11.5 Å². The summed E-state index contributed by atoms with van der Waals surface area (Å²) in [5.74, 6) is 2.43. The van der Waals surface area contributed by atoms with Crippen LogP contribution in [0.25, 0.3) is 0 Å². The van der Waals surface area contributed by atoms with E-state index in [-0.39, 0.29) is 12.0 Å². The molecule has 9 nitrogen and oxygen atoms in total. The quantitative estimate of drug-likeness (QED) is 0.164. The standard InChI is InChI=1S/C31H31BrClN5O4S/c1-17(2)42-28-21(32)14-20(15-25(28)41-5)27-26(29(39)35-23-12-8-9-13-24(23)40-4)18(3)34-30-36-31(37-38(27)30)43-16-19-10-6-7-11-22(19)33/h6-15,17,27H,16H2,1-5H3,(H,35,39)(H,34,36,37). The minimum atomic E-state index is -0.647. The highest BCUT2D eigenvalue weighted by atomic mass is 79.9. The highest BCUT2D eigenvalue weighted by Gasteiger charge is 2.36. The Kier molecular flexibility index (Phi) is 9.53. The molecule has 43 heavy (non-hydrogen) atoms. The van der Waals surface area contributed by atoms with Crippen LogP contribution in [0.5, 0.6) is 17.2 Å². The van der Waals surface area contributed by atoms with Gasteiger partial charge in [0, 0.05) is 16.5 Å². The fourth-order valence-electron chi connectivity index (χ4n) is 4.74. The lowest BCUT2D eigenvalue weighted by molar-refractivity contribution is -0.113. The zero-order valence-corrected chi connectivity index (χ0v) is 27.4. The Morgan fingerprint density at radius 2 is 1.84 bits per heavy atom. The van der Waals surface area contributed by atoms with Crippen LogP contribution in [0.15, 0.2) is 81.6 Å². The number of allylic oxidation sites excluding steroid dienone is 1. The molecule has 0 saturated heterocycles. The number of aromatic nitrogens is 3. The van der Waals surface area contributed by atoms with Gasteiger partial charge in [0.05, 0.1) is 36.1 Å². The summed E-state index contributed by atoms with van der Waals surface area (Å²) in [4.78, 5) is 18.8. The van der Waals surface area contributed by atoms with Crippen molar-refractivity contribution >= 4 is 56.8 Å². The van der Waals surface area contributed by atoms with Crippen LogP contribution in [0.3, 0.4) is 0 Å². The van der Waals surface area contributed by atoms with Gasteiger partial charge in [0.2, 0.25) is 11.1 Å². The summed E-state index contributed by atoms with van der Waals surface area (Å²) >= 11 is 11.5. The van der Waals surface area contributed by atoms with Crippen molar-refractivity contribution in [1.29, 1.82) is 0 Å². The second kappa shape index (κ2) is 13.3. The van der Waals surface area contributed by atoms with Crippen molar-refractivity contribution in [3.63, 3.8) is 0 Å². The summed E-state index contributed by atoms with van der Waals surface area (Å²) in [6, 6.07) is 18.1. The van der Waals surface area contributed by atoms with Gasteiger partial charge in [-0.15, -0.1) is 5.10 Å². The Balaban J connectivity index is 1.58. The van der Waals surface area contributed by atoms with Crippen LogP contribution >= 0.6 is 39.3 Å². The average Bonchev–Trinajstić information content (AvgIpc) is 3.39. The Morgan fingerprint density at radius 1 is 1.12 bits per heavy atom.